The summed E-state index contributed by atoms with van der Waals surface area (Å²) in [6.45, 7) is 22.1. The van der Waals surface area contributed by atoms with Crippen molar-refractivity contribution in [3.05, 3.63) is 12.3 Å². The SMILES string of the molecule is C=C(C)NCCCCC(NC(=O)C(CSSCC(NC(C)=O)C(=O)NC(CCCCNC(C)=O)C(=O)N1CCCC1C(=O)NC(C(=O)NCCOCCN)C(C)C)NC(C)=O)C(=O)N(CC)C(CC)C(=O)NC(C(N)=O)C(C)C. The molecule has 1 aliphatic rings. The van der Waals surface area contributed by atoms with Crippen LogP contribution in [0.4, 0.5) is 0 Å². The lowest BCUT2D eigenvalue weighted by Gasteiger charge is -2.34. The molecule has 27 heteroatoms. The van der Waals surface area contributed by atoms with Gasteiger partial charge in [0.15, 0.2) is 0 Å². The molecular weight excluding hydrogens is 1060 g/mol. The van der Waals surface area contributed by atoms with Crippen LogP contribution < -0.4 is 59.3 Å². The van der Waals surface area contributed by atoms with Gasteiger partial charge in [0.05, 0.1) is 13.2 Å². The molecule has 8 atom stereocenters. The second-order valence-electron chi connectivity index (χ2n) is 20.2. The van der Waals surface area contributed by atoms with E-state index in [2.05, 4.69) is 54.4 Å². The number of likely N-dealkylation sites (tertiary alicyclic amines) is 1. The summed E-state index contributed by atoms with van der Waals surface area (Å²) in [4.78, 5) is 149. The van der Waals surface area contributed by atoms with Gasteiger partial charge in [-0.1, -0.05) is 62.8 Å². The summed E-state index contributed by atoms with van der Waals surface area (Å²) in [5, 5.41) is 25.0. The molecule has 0 aromatic carbocycles. The van der Waals surface area contributed by atoms with E-state index in [-0.39, 0.29) is 74.8 Å². The zero-order chi connectivity index (χ0) is 59.8. The predicted octanol–water partition coefficient (Wildman–Crippen LogP) is -0.577. The fourth-order valence-corrected chi connectivity index (χ4v) is 10.9. The fourth-order valence-electron chi connectivity index (χ4n) is 8.58. The minimum Gasteiger partial charge on any atom is -0.389 e. The Bertz CT molecular complexity index is 2040. The molecule has 13 N–H and O–H groups in total. The van der Waals surface area contributed by atoms with E-state index in [0.717, 1.165) is 27.3 Å². The number of carbonyl (C=O) groups is 11. The van der Waals surface area contributed by atoms with Gasteiger partial charge in [-0.2, -0.15) is 0 Å². The van der Waals surface area contributed by atoms with Crippen LogP contribution in [0, 0.1) is 11.8 Å². The number of nitrogens with zero attached hydrogens (tertiary/aromatic N) is 2. The van der Waals surface area contributed by atoms with E-state index in [1.807, 2.05) is 6.92 Å². The number of nitrogens with one attached hydrogen (secondary N) is 9. The summed E-state index contributed by atoms with van der Waals surface area (Å²) in [6.07, 6.45) is 3.17. The second-order valence-corrected chi connectivity index (χ2v) is 22.7. The van der Waals surface area contributed by atoms with Crippen molar-refractivity contribution in [1.82, 2.24) is 57.7 Å². The van der Waals surface area contributed by atoms with E-state index in [1.165, 1.54) is 30.6 Å². The lowest BCUT2D eigenvalue weighted by Crippen LogP contribution is -2.60. The highest BCUT2D eigenvalue weighted by molar-refractivity contribution is 8.76. The molecule has 0 bridgehead atoms. The number of ether oxygens (including phenoxy) is 1. The van der Waals surface area contributed by atoms with Gasteiger partial charge in [-0.15, -0.1) is 0 Å². The van der Waals surface area contributed by atoms with Crippen molar-refractivity contribution in [3.8, 4) is 0 Å². The van der Waals surface area contributed by atoms with Gasteiger partial charge in [-0.25, -0.2) is 0 Å². The topological polar surface area (TPSA) is 364 Å². The van der Waals surface area contributed by atoms with Crippen LogP contribution in [0.15, 0.2) is 12.3 Å². The average molecular weight is 1160 g/mol. The van der Waals surface area contributed by atoms with Crippen molar-refractivity contribution in [1.29, 1.82) is 0 Å². The normalized spacial score (nSPS) is 15.7. The maximum Gasteiger partial charge on any atom is 0.245 e. The maximum absolute atomic E-state index is 14.5. The average Bonchev–Trinajstić information content (AvgIpc) is 3.88. The first-order valence-electron chi connectivity index (χ1n) is 27.4. The Morgan fingerprint density at radius 3 is 1.66 bits per heavy atom. The number of rotatable bonds is 40. The third-order valence-corrected chi connectivity index (χ3v) is 15.1. The Hall–Kier alpha value is -5.67. The van der Waals surface area contributed by atoms with Gasteiger partial charge in [0.1, 0.15) is 48.3 Å². The van der Waals surface area contributed by atoms with Crippen molar-refractivity contribution < 1.29 is 57.5 Å². The molecule has 8 unspecified atom stereocenters. The van der Waals surface area contributed by atoms with E-state index in [1.54, 1.807) is 41.5 Å². The van der Waals surface area contributed by atoms with E-state index >= 15 is 0 Å². The molecule has 450 valence electrons. The molecule has 79 heavy (non-hydrogen) atoms. The van der Waals surface area contributed by atoms with Gasteiger partial charge >= 0.3 is 0 Å². The molecule has 25 nitrogen and oxygen atoms in total. The molecule has 0 spiro atoms. The van der Waals surface area contributed by atoms with Crippen molar-refractivity contribution in [2.75, 3.05) is 64.0 Å². The Balaban J connectivity index is 3.37. The quantitative estimate of drug-likeness (QED) is 0.0270. The number of likely N-dealkylation sites (N-methyl/N-ethyl adjacent to an activating group) is 1. The summed E-state index contributed by atoms with van der Waals surface area (Å²) in [7, 11) is 2.20. The fraction of sp³-hybridized carbons (Fsp3) is 0.750. The molecule has 0 aliphatic carbocycles. The van der Waals surface area contributed by atoms with E-state index in [0.29, 0.717) is 64.8 Å². The lowest BCUT2D eigenvalue weighted by atomic mass is 10.0. The van der Waals surface area contributed by atoms with Crippen LogP contribution in [0.1, 0.15) is 127 Å². The number of carbonyl (C=O) groups excluding carboxylic acids is 11. The molecule has 0 radical (unpaired) electrons. The lowest BCUT2D eigenvalue weighted by molar-refractivity contribution is -0.144. The van der Waals surface area contributed by atoms with E-state index in [4.69, 9.17) is 16.2 Å². The number of hydrogen-bond acceptors (Lipinski definition) is 16. The smallest absolute Gasteiger partial charge is 0.245 e. The molecule has 11 amide bonds. The summed E-state index contributed by atoms with van der Waals surface area (Å²) >= 11 is 0. The van der Waals surface area contributed by atoms with Gasteiger partial charge in [-0.05, 0) is 83.5 Å². The molecular formula is C52H93N13O12S2. The van der Waals surface area contributed by atoms with E-state index < -0.39 is 107 Å². The largest absolute Gasteiger partial charge is 0.389 e. The zero-order valence-electron chi connectivity index (χ0n) is 48.2. The summed E-state index contributed by atoms with van der Waals surface area (Å²) in [6, 6.07) is -8.55. The third-order valence-electron chi connectivity index (χ3n) is 12.7. The first kappa shape index (κ1) is 71.3. The summed E-state index contributed by atoms with van der Waals surface area (Å²) < 4.78 is 5.34. The van der Waals surface area contributed by atoms with Gasteiger partial charge < -0.3 is 73.9 Å². The molecule has 1 aliphatic heterocycles. The Morgan fingerprint density at radius 2 is 1.18 bits per heavy atom. The first-order valence-corrected chi connectivity index (χ1v) is 29.9. The van der Waals surface area contributed by atoms with Crippen LogP contribution in [0.3, 0.4) is 0 Å². The Morgan fingerprint density at radius 1 is 0.633 bits per heavy atom. The van der Waals surface area contributed by atoms with Crippen LogP contribution in [0.25, 0.3) is 0 Å². The highest BCUT2D eigenvalue weighted by Crippen LogP contribution is 2.25. The summed E-state index contributed by atoms with van der Waals surface area (Å²) in [5.74, 6) is -6.84. The first-order chi connectivity index (χ1) is 37.3. The monoisotopic (exact) mass is 1160 g/mol. The number of hydrogen-bond donors (Lipinski definition) is 11. The van der Waals surface area contributed by atoms with Crippen LogP contribution in [0.5, 0.6) is 0 Å². The van der Waals surface area contributed by atoms with Gasteiger partial charge in [-0.3, -0.25) is 52.7 Å². The van der Waals surface area contributed by atoms with Gasteiger partial charge in [0.2, 0.25) is 65.0 Å². The number of allylic oxidation sites excluding steroid dienone is 1. The van der Waals surface area contributed by atoms with Crippen molar-refractivity contribution >= 4 is 86.6 Å². The number of unbranched alkanes of at least 4 members (excludes halogenated alkanes) is 2. The predicted molar refractivity (Wildman–Crippen MR) is 305 cm³/mol. The Labute approximate surface area is 474 Å². The molecule has 0 aromatic rings. The van der Waals surface area contributed by atoms with Crippen LogP contribution in [-0.4, -0.2) is 187 Å². The highest BCUT2D eigenvalue weighted by atomic mass is 33.1. The van der Waals surface area contributed by atoms with Crippen LogP contribution >= 0.6 is 21.6 Å². The third kappa shape index (κ3) is 27.4. The minimum atomic E-state index is -1.20. The number of amides is 11. The van der Waals surface area contributed by atoms with Crippen LogP contribution in [-0.2, 0) is 57.5 Å². The molecule has 1 rings (SSSR count). The minimum absolute atomic E-state index is 0.0640. The van der Waals surface area contributed by atoms with Gasteiger partial charge in [0, 0.05) is 77.2 Å². The second kappa shape index (κ2) is 38.8. The molecule has 0 aromatic heterocycles. The molecule has 1 heterocycles. The zero-order valence-corrected chi connectivity index (χ0v) is 49.8. The van der Waals surface area contributed by atoms with Crippen molar-refractivity contribution in [2.24, 2.45) is 23.3 Å². The Kier molecular flexibility index (Phi) is 35.1. The molecule has 0 saturated carbocycles. The summed E-state index contributed by atoms with van der Waals surface area (Å²) in [5.41, 5.74) is 11.8. The molecule has 1 fully saturated rings. The number of nitrogens with two attached hydrogens (primary N) is 2. The van der Waals surface area contributed by atoms with Crippen molar-refractivity contribution in [2.45, 2.75) is 175 Å². The molecule has 1 saturated heterocycles. The maximum atomic E-state index is 14.5. The highest BCUT2D eigenvalue weighted by Gasteiger charge is 2.40. The van der Waals surface area contributed by atoms with Crippen molar-refractivity contribution in [3.63, 3.8) is 0 Å². The number of primary amides is 1. The van der Waals surface area contributed by atoms with Gasteiger partial charge in [0.25, 0.3) is 0 Å². The van der Waals surface area contributed by atoms with E-state index in [9.17, 15) is 52.7 Å². The van der Waals surface area contributed by atoms with Crippen LogP contribution in [0.2, 0.25) is 0 Å². The standard InChI is InChI=1S/C52H93N13O12S2/c1-12-41(48(72)62-43(31(3)4)45(54)69)64(13-2)51(75)37(19-14-16-23-55-33(7)8)60-46(70)39(58-35(10)67)29-78-79-30-40(59-36(11)68)47(71)61-38(20-15-17-24-56-34(9)66)52(76)65-26-18-21-42(65)49(73)63-44(32(5)6)50(74)57-25-28-77-27-22-53/h31-32,37-44,55H,7,12-30,53H2,1-6,8-11H3,(H2,54,69)(H,56,66)(H,57,74)(H,58,67)(H,59,68)(H,60,70)(H,61,71)(H,62,72)(H,63,73).